The van der Waals surface area contributed by atoms with Crippen LogP contribution in [-0.4, -0.2) is 12.3 Å². The molecule has 0 N–H and O–H groups in total. The van der Waals surface area contributed by atoms with E-state index in [0.29, 0.717) is 0 Å². The summed E-state index contributed by atoms with van der Waals surface area (Å²) in [5, 5.41) is 0. The van der Waals surface area contributed by atoms with Crippen LogP contribution in [0, 0.1) is 0 Å². The molecule has 0 saturated heterocycles. The Bertz CT molecular complexity index is 82.3. The third-order valence-corrected chi connectivity index (χ3v) is 6.14. The molecule has 0 aliphatic heterocycles. The van der Waals surface area contributed by atoms with Gasteiger partial charge in [-0.05, 0) is 25.2 Å². The minimum absolute atomic E-state index is 1.28. The van der Waals surface area contributed by atoms with Crippen molar-refractivity contribution >= 4 is 16.5 Å². The fraction of sp³-hybridized carbons (Fsp3) is 1.00. The van der Waals surface area contributed by atoms with E-state index in [0.717, 1.165) is 0 Å². The van der Waals surface area contributed by atoms with Crippen LogP contribution in [0.25, 0.3) is 0 Å². The maximum absolute atomic E-state index is 2.29. The molecule has 0 bridgehead atoms. The SMILES string of the molecule is CCCCCCPPCCCCCC. The van der Waals surface area contributed by atoms with Crippen molar-refractivity contribution < 1.29 is 0 Å². The first-order chi connectivity index (χ1) is 6.91. The normalized spacial score (nSPS) is 12.4. The van der Waals surface area contributed by atoms with Gasteiger partial charge in [-0.3, -0.25) is 0 Å². The zero-order valence-corrected chi connectivity index (χ0v) is 12.1. The largest absolute Gasteiger partial charge is 0.0992 e. The van der Waals surface area contributed by atoms with E-state index in [9.17, 15) is 0 Å². The van der Waals surface area contributed by atoms with Crippen LogP contribution in [-0.2, 0) is 0 Å². The lowest BCUT2D eigenvalue weighted by atomic mass is 10.2. The predicted octanol–water partition coefficient (Wildman–Crippen LogP) is 5.42. The van der Waals surface area contributed by atoms with E-state index in [1.54, 1.807) is 0 Å². The lowest BCUT2D eigenvalue weighted by Crippen LogP contribution is -1.78. The number of rotatable bonds is 11. The van der Waals surface area contributed by atoms with Crippen LogP contribution < -0.4 is 0 Å². The van der Waals surface area contributed by atoms with E-state index in [1.165, 1.54) is 80.2 Å². The van der Waals surface area contributed by atoms with E-state index >= 15 is 0 Å². The Labute approximate surface area is 94.5 Å². The second kappa shape index (κ2) is 13.9. The predicted molar refractivity (Wildman–Crippen MR) is 74.6 cm³/mol. The molecule has 14 heavy (non-hydrogen) atoms. The van der Waals surface area contributed by atoms with Crippen molar-refractivity contribution in [3.8, 4) is 0 Å². The van der Waals surface area contributed by atoms with Crippen molar-refractivity contribution in [1.82, 2.24) is 0 Å². The lowest BCUT2D eigenvalue weighted by molar-refractivity contribution is 0.705. The molecule has 0 amide bonds. The highest BCUT2D eigenvalue weighted by molar-refractivity contribution is 8.11. The molecular weight excluding hydrogens is 206 g/mol. The van der Waals surface area contributed by atoms with Crippen molar-refractivity contribution in [3.63, 3.8) is 0 Å². The Kier molecular flexibility index (Phi) is 14.7. The maximum Gasteiger partial charge on any atom is -0.0317 e. The molecular formula is C12H28P2. The first-order valence-corrected chi connectivity index (χ1v) is 9.79. The van der Waals surface area contributed by atoms with Crippen LogP contribution in [0.2, 0.25) is 0 Å². The fourth-order valence-corrected chi connectivity index (χ4v) is 4.79. The highest BCUT2D eigenvalue weighted by atomic mass is 32.0. The molecule has 0 heterocycles. The number of hydrogen-bond donors (Lipinski definition) is 0. The van der Waals surface area contributed by atoms with Crippen LogP contribution in [0.3, 0.4) is 0 Å². The Morgan fingerprint density at radius 1 is 0.571 bits per heavy atom. The van der Waals surface area contributed by atoms with Gasteiger partial charge in [0.05, 0.1) is 0 Å². The molecule has 2 unspecified atom stereocenters. The molecule has 0 aliphatic carbocycles. The minimum Gasteiger partial charge on any atom is -0.0992 e. The molecule has 0 aromatic rings. The summed E-state index contributed by atoms with van der Waals surface area (Å²) in [6.07, 6.45) is 14.6. The van der Waals surface area contributed by atoms with Gasteiger partial charge in [-0.1, -0.05) is 68.9 Å². The highest BCUT2D eigenvalue weighted by Crippen LogP contribution is 2.38. The maximum atomic E-state index is 2.29. The van der Waals surface area contributed by atoms with Gasteiger partial charge in [-0.15, -0.1) is 0 Å². The van der Waals surface area contributed by atoms with E-state index in [-0.39, 0.29) is 0 Å². The topological polar surface area (TPSA) is 0 Å². The van der Waals surface area contributed by atoms with E-state index < -0.39 is 0 Å². The standard InChI is InChI=1S/C12H28P2/c1-3-5-7-9-11-13-14-12-10-8-6-4-2/h13-14H,3-12H2,1-2H3. The van der Waals surface area contributed by atoms with Crippen molar-refractivity contribution in [2.75, 3.05) is 12.3 Å². The summed E-state index contributed by atoms with van der Waals surface area (Å²) in [6, 6.07) is 0. The minimum atomic E-state index is 1.28. The molecule has 2 atom stereocenters. The van der Waals surface area contributed by atoms with Gasteiger partial charge in [-0.2, -0.15) is 0 Å². The van der Waals surface area contributed by atoms with Gasteiger partial charge in [0.15, 0.2) is 0 Å². The second-order valence-corrected chi connectivity index (χ2v) is 7.80. The zero-order valence-electron chi connectivity index (χ0n) is 10.1. The van der Waals surface area contributed by atoms with Crippen LogP contribution >= 0.6 is 16.5 Å². The Hall–Kier alpha value is 0.860. The van der Waals surface area contributed by atoms with Gasteiger partial charge in [0.2, 0.25) is 0 Å². The van der Waals surface area contributed by atoms with E-state index in [4.69, 9.17) is 0 Å². The number of hydrogen-bond acceptors (Lipinski definition) is 0. The number of unbranched alkanes of at least 4 members (excludes halogenated alkanes) is 6. The van der Waals surface area contributed by atoms with Gasteiger partial charge < -0.3 is 0 Å². The lowest BCUT2D eigenvalue weighted by Gasteiger charge is -2.02. The second-order valence-electron chi connectivity index (χ2n) is 3.97. The molecule has 0 spiro atoms. The first kappa shape index (κ1) is 14.9. The van der Waals surface area contributed by atoms with Crippen LogP contribution in [0.5, 0.6) is 0 Å². The molecule has 86 valence electrons. The summed E-state index contributed by atoms with van der Waals surface area (Å²) in [6.45, 7) is 4.58. The van der Waals surface area contributed by atoms with E-state index in [2.05, 4.69) is 13.8 Å². The van der Waals surface area contributed by atoms with Crippen molar-refractivity contribution in [1.29, 1.82) is 0 Å². The highest BCUT2D eigenvalue weighted by Gasteiger charge is 1.91. The van der Waals surface area contributed by atoms with E-state index in [1.807, 2.05) is 0 Å². The molecule has 0 rings (SSSR count). The van der Waals surface area contributed by atoms with Gasteiger partial charge in [0.25, 0.3) is 0 Å². The van der Waals surface area contributed by atoms with Gasteiger partial charge in [0.1, 0.15) is 0 Å². The Morgan fingerprint density at radius 3 is 1.36 bits per heavy atom. The first-order valence-electron chi connectivity index (χ1n) is 6.37. The quantitative estimate of drug-likeness (QED) is 0.331. The van der Waals surface area contributed by atoms with Crippen molar-refractivity contribution in [3.05, 3.63) is 0 Å². The summed E-state index contributed by atoms with van der Waals surface area (Å²) >= 11 is 0. The van der Waals surface area contributed by atoms with Gasteiger partial charge in [0, 0.05) is 0 Å². The fourth-order valence-electron chi connectivity index (χ4n) is 1.46. The summed E-state index contributed by atoms with van der Waals surface area (Å²) in [7, 11) is 2.57. The van der Waals surface area contributed by atoms with Gasteiger partial charge in [-0.25, -0.2) is 0 Å². The summed E-state index contributed by atoms with van der Waals surface area (Å²) in [5.74, 6) is 0. The van der Waals surface area contributed by atoms with Crippen LogP contribution in [0.1, 0.15) is 65.2 Å². The molecule has 0 aliphatic rings. The molecule has 0 nitrogen and oxygen atoms in total. The molecule has 0 saturated carbocycles. The third kappa shape index (κ3) is 12.9. The summed E-state index contributed by atoms with van der Waals surface area (Å²) < 4.78 is 0. The monoisotopic (exact) mass is 234 g/mol. The zero-order chi connectivity index (χ0) is 10.5. The smallest absolute Gasteiger partial charge is 0.0317 e. The van der Waals surface area contributed by atoms with Gasteiger partial charge >= 0.3 is 0 Å². The molecule has 0 aromatic heterocycles. The van der Waals surface area contributed by atoms with Crippen molar-refractivity contribution in [2.45, 2.75) is 65.2 Å². The summed E-state index contributed by atoms with van der Waals surface area (Å²) in [5.41, 5.74) is 0. The van der Waals surface area contributed by atoms with Crippen LogP contribution in [0.15, 0.2) is 0 Å². The summed E-state index contributed by atoms with van der Waals surface area (Å²) in [4.78, 5) is 0. The molecule has 2 heteroatoms. The Morgan fingerprint density at radius 2 is 1.00 bits per heavy atom. The average molecular weight is 234 g/mol. The molecule has 0 aromatic carbocycles. The molecule has 0 fully saturated rings. The van der Waals surface area contributed by atoms with Crippen molar-refractivity contribution in [2.24, 2.45) is 0 Å². The third-order valence-electron chi connectivity index (χ3n) is 2.44. The Balaban J connectivity index is 2.78. The van der Waals surface area contributed by atoms with Crippen LogP contribution in [0.4, 0.5) is 0 Å². The molecule has 0 radical (unpaired) electrons. The average Bonchev–Trinajstić information content (AvgIpc) is 2.21.